The van der Waals surface area contributed by atoms with Gasteiger partial charge in [0.15, 0.2) is 0 Å². The molecule has 0 aromatic heterocycles. The van der Waals surface area contributed by atoms with E-state index in [1.165, 1.54) is 0 Å². The Kier molecular flexibility index (Phi) is 9.91. The van der Waals surface area contributed by atoms with E-state index in [1.54, 1.807) is 0 Å². The number of amides is 2. The summed E-state index contributed by atoms with van der Waals surface area (Å²) >= 11 is 0. The third kappa shape index (κ3) is 6.27. The van der Waals surface area contributed by atoms with Crippen molar-refractivity contribution in [1.29, 1.82) is 0 Å². The summed E-state index contributed by atoms with van der Waals surface area (Å²) in [6.45, 7) is 6.45. The zero-order valence-electron chi connectivity index (χ0n) is 13.7. The number of rotatable bonds is 11. The molecule has 0 aromatic carbocycles. The van der Waals surface area contributed by atoms with E-state index in [4.69, 9.17) is 16.4 Å². The highest BCUT2D eigenvalue weighted by atomic mass is 16.5. The monoisotopic (exact) mass is 318 g/mol. The summed E-state index contributed by atoms with van der Waals surface area (Å²) in [5, 5.41) is 10.1. The van der Waals surface area contributed by atoms with Crippen LogP contribution in [-0.2, 0) is 14.3 Å². The van der Waals surface area contributed by atoms with E-state index in [0.717, 1.165) is 6.42 Å². The number of ether oxygens (including phenoxy) is 1. The van der Waals surface area contributed by atoms with E-state index >= 15 is 0 Å². The van der Waals surface area contributed by atoms with Gasteiger partial charge in [0.25, 0.3) is 0 Å². The molecule has 0 heterocycles. The van der Waals surface area contributed by atoms with Crippen LogP contribution in [0.3, 0.4) is 0 Å². The number of carbonyl (C=O) groups is 2. The van der Waals surface area contributed by atoms with Crippen molar-refractivity contribution in [2.45, 2.75) is 52.6 Å². The van der Waals surface area contributed by atoms with Gasteiger partial charge in [-0.15, -0.1) is 0 Å². The lowest BCUT2D eigenvalue weighted by Gasteiger charge is -2.31. The van der Waals surface area contributed by atoms with Gasteiger partial charge in [-0.05, 0) is 18.8 Å². The van der Waals surface area contributed by atoms with Crippen molar-refractivity contribution in [2.24, 2.45) is 23.0 Å². The fourth-order valence-corrected chi connectivity index (χ4v) is 2.27. The number of nitrogens with one attached hydrogen (secondary N) is 2. The summed E-state index contributed by atoms with van der Waals surface area (Å²) in [5.74, 6) is 9.42. The molecule has 0 bridgehead atoms. The maximum Gasteiger partial charge on any atom is 0.249 e. The van der Waals surface area contributed by atoms with Gasteiger partial charge in [0.05, 0.1) is 12.7 Å². The molecule has 0 aliphatic rings. The molecule has 0 aliphatic heterocycles. The Hall–Kier alpha value is -1.22. The van der Waals surface area contributed by atoms with Crippen LogP contribution in [0.15, 0.2) is 0 Å². The minimum Gasteiger partial charge on any atom is -0.391 e. The van der Waals surface area contributed by atoms with E-state index in [-0.39, 0.29) is 19.4 Å². The van der Waals surface area contributed by atoms with Crippen molar-refractivity contribution < 1.29 is 19.4 Å². The van der Waals surface area contributed by atoms with Crippen molar-refractivity contribution in [3.05, 3.63) is 0 Å². The molecule has 0 unspecified atom stereocenters. The fourth-order valence-electron chi connectivity index (χ4n) is 2.27. The Labute approximate surface area is 131 Å². The topological polar surface area (TPSA) is 140 Å². The van der Waals surface area contributed by atoms with Gasteiger partial charge in [-0.25, -0.2) is 11.7 Å². The van der Waals surface area contributed by atoms with Crippen molar-refractivity contribution in [3.8, 4) is 0 Å². The fraction of sp³-hybridized carbons (Fsp3) is 0.857. The van der Waals surface area contributed by atoms with Crippen molar-refractivity contribution >= 4 is 11.8 Å². The Bertz CT molecular complexity index is 334. The predicted octanol–water partition coefficient (Wildman–Crippen LogP) is -0.434. The van der Waals surface area contributed by atoms with E-state index in [2.05, 4.69) is 0 Å². The maximum atomic E-state index is 12.2. The third-order valence-electron chi connectivity index (χ3n) is 3.43. The molecule has 7 N–H and O–H groups in total. The molecule has 0 aliphatic carbocycles. The Morgan fingerprint density at radius 2 is 1.73 bits per heavy atom. The van der Waals surface area contributed by atoms with Gasteiger partial charge in [-0.2, -0.15) is 0 Å². The normalized spacial score (nSPS) is 13.0. The van der Waals surface area contributed by atoms with Gasteiger partial charge in [0.1, 0.15) is 5.41 Å². The van der Waals surface area contributed by atoms with Gasteiger partial charge >= 0.3 is 0 Å². The average molecular weight is 318 g/mol. The lowest BCUT2D eigenvalue weighted by atomic mass is 9.76. The Balaban J connectivity index is 5.02. The number of hydrogen-bond acceptors (Lipinski definition) is 6. The third-order valence-corrected chi connectivity index (χ3v) is 3.43. The minimum absolute atomic E-state index is 0.0434. The molecular weight excluding hydrogens is 288 g/mol. The maximum absolute atomic E-state index is 12.2. The summed E-state index contributed by atoms with van der Waals surface area (Å²) in [6, 6.07) is 0. The van der Waals surface area contributed by atoms with Gasteiger partial charge in [0.2, 0.25) is 11.8 Å². The van der Waals surface area contributed by atoms with Crippen LogP contribution in [0.25, 0.3) is 0 Å². The molecule has 0 saturated heterocycles. The van der Waals surface area contributed by atoms with Crippen LogP contribution in [0.2, 0.25) is 0 Å². The van der Waals surface area contributed by atoms with Crippen LogP contribution >= 0.6 is 0 Å². The molecule has 0 spiro atoms. The summed E-state index contributed by atoms with van der Waals surface area (Å²) < 4.78 is 5.36. The molecule has 0 fully saturated rings. The highest BCUT2D eigenvalue weighted by Gasteiger charge is 2.46. The second-order valence-corrected chi connectivity index (χ2v) is 5.92. The largest absolute Gasteiger partial charge is 0.391 e. The van der Waals surface area contributed by atoms with Crippen LogP contribution in [0.5, 0.6) is 0 Å². The highest BCUT2D eigenvalue weighted by Crippen LogP contribution is 2.31. The second kappa shape index (κ2) is 10.5. The quantitative estimate of drug-likeness (QED) is 0.151. The lowest BCUT2D eigenvalue weighted by Crippen LogP contribution is -2.56. The van der Waals surface area contributed by atoms with Crippen LogP contribution in [0.4, 0.5) is 0 Å². The van der Waals surface area contributed by atoms with E-state index in [1.807, 2.05) is 31.6 Å². The lowest BCUT2D eigenvalue weighted by molar-refractivity contribution is -0.147. The molecule has 0 aromatic rings. The number of carbonyl (C=O) groups excluding carboxylic acids is 2. The molecule has 22 heavy (non-hydrogen) atoms. The van der Waals surface area contributed by atoms with Gasteiger partial charge in [-0.1, -0.05) is 33.6 Å². The van der Waals surface area contributed by atoms with Crippen LogP contribution in [-0.4, -0.2) is 36.2 Å². The van der Waals surface area contributed by atoms with Gasteiger partial charge < -0.3 is 9.84 Å². The minimum atomic E-state index is -1.50. The van der Waals surface area contributed by atoms with Crippen LogP contribution in [0.1, 0.15) is 46.5 Å². The number of aliphatic hydroxyl groups is 1. The Morgan fingerprint density at radius 1 is 1.18 bits per heavy atom. The van der Waals surface area contributed by atoms with Crippen molar-refractivity contribution in [2.75, 3.05) is 13.2 Å². The standard InChI is InChI=1S/C14H30N4O4/c1-4-5-6-14(12(20)17-15,13(21)18-16)7-11(19)9-22-8-10(2)3/h10-11,19H,4-9,15-16H2,1-3H3,(H,17,20)(H,18,21)/t11-/m0/s1. The second-order valence-electron chi connectivity index (χ2n) is 5.92. The Morgan fingerprint density at radius 3 is 2.14 bits per heavy atom. The SMILES string of the molecule is CCCCC(C[C@H](O)COCC(C)C)(C(=O)NN)C(=O)NN. The summed E-state index contributed by atoms with van der Waals surface area (Å²) in [4.78, 5) is 24.3. The zero-order chi connectivity index (χ0) is 17.2. The molecule has 0 rings (SSSR count). The van der Waals surface area contributed by atoms with Gasteiger partial charge in [-0.3, -0.25) is 20.4 Å². The smallest absolute Gasteiger partial charge is 0.249 e. The van der Waals surface area contributed by atoms with E-state index in [9.17, 15) is 14.7 Å². The summed E-state index contributed by atoms with van der Waals surface area (Å²) in [6.07, 6.45) is 0.594. The first-order chi connectivity index (χ1) is 10.3. The summed E-state index contributed by atoms with van der Waals surface area (Å²) in [7, 11) is 0. The number of nitrogens with two attached hydrogens (primary N) is 2. The van der Waals surface area contributed by atoms with Crippen molar-refractivity contribution in [1.82, 2.24) is 10.9 Å². The number of aliphatic hydroxyl groups excluding tert-OH is 1. The molecular formula is C14H30N4O4. The molecule has 8 nitrogen and oxygen atoms in total. The predicted molar refractivity (Wildman–Crippen MR) is 82.9 cm³/mol. The van der Waals surface area contributed by atoms with Crippen LogP contribution < -0.4 is 22.5 Å². The summed E-state index contributed by atoms with van der Waals surface area (Å²) in [5.41, 5.74) is 2.51. The first-order valence-corrected chi connectivity index (χ1v) is 7.61. The van der Waals surface area contributed by atoms with Crippen LogP contribution in [0, 0.1) is 11.3 Å². The number of hydrogen-bond donors (Lipinski definition) is 5. The molecule has 1 atom stereocenters. The van der Waals surface area contributed by atoms with Crippen molar-refractivity contribution in [3.63, 3.8) is 0 Å². The molecule has 0 saturated carbocycles. The zero-order valence-corrected chi connectivity index (χ0v) is 13.7. The number of hydrazine groups is 2. The van der Waals surface area contributed by atoms with E-state index < -0.39 is 23.3 Å². The molecule has 130 valence electrons. The highest BCUT2D eigenvalue weighted by molar-refractivity contribution is 6.04. The molecule has 2 amide bonds. The first kappa shape index (κ1) is 20.8. The number of unbranched alkanes of at least 4 members (excludes halogenated alkanes) is 1. The average Bonchev–Trinajstić information content (AvgIpc) is 2.49. The first-order valence-electron chi connectivity index (χ1n) is 7.61. The van der Waals surface area contributed by atoms with Gasteiger partial charge in [0, 0.05) is 6.61 Å². The molecule has 8 heteroatoms. The van der Waals surface area contributed by atoms with E-state index in [0.29, 0.717) is 18.9 Å². The molecule has 0 radical (unpaired) electrons.